The number of carbonyl (C=O) groups is 1. The van der Waals surface area contributed by atoms with Crippen LogP contribution in [0.15, 0.2) is 29.4 Å². The van der Waals surface area contributed by atoms with Gasteiger partial charge in [0, 0.05) is 0 Å². The summed E-state index contributed by atoms with van der Waals surface area (Å²) in [7, 11) is 0. The molecule has 6 nitrogen and oxygen atoms in total. The number of alkyl halides is 3. The number of carbonyl (C=O) groups excluding carboxylic acids is 1. The molecule has 0 saturated carbocycles. The highest BCUT2D eigenvalue weighted by Crippen LogP contribution is 2.28. The first-order valence-corrected chi connectivity index (χ1v) is 8.47. The molecule has 1 heterocycles. The Morgan fingerprint density at radius 1 is 1.32 bits per heavy atom. The average Bonchev–Trinajstić information content (AvgIpc) is 2.92. The Labute approximate surface area is 147 Å². The number of rotatable bonds is 6. The first kappa shape index (κ1) is 19.1. The molecule has 0 fully saturated rings. The summed E-state index contributed by atoms with van der Waals surface area (Å²) in [4.78, 5) is 12.1. The molecule has 0 aliphatic rings. The molecule has 25 heavy (non-hydrogen) atoms. The molecule has 1 atom stereocenters. The Kier molecular flexibility index (Phi) is 5.93. The maximum atomic E-state index is 12.6. The van der Waals surface area contributed by atoms with E-state index in [1.807, 2.05) is 38.1 Å². The summed E-state index contributed by atoms with van der Waals surface area (Å²) in [5, 5.41) is 9.05. The van der Waals surface area contributed by atoms with Crippen molar-refractivity contribution in [2.24, 2.45) is 0 Å². The van der Waals surface area contributed by atoms with Gasteiger partial charge in [-0.1, -0.05) is 48.5 Å². The van der Waals surface area contributed by atoms with Crippen LogP contribution in [0.2, 0.25) is 0 Å². The third-order valence-corrected chi connectivity index (χ3v) is 4.42. The van der Waals surface area contributed by atoms with Crippen LogP contribution in [-0.4, -0.2) is 26.5 Å². The molecule has 0 saturated heterocycles. The number of nitrogen functional groups attached to an aromatic ring is 1. The number of aromatic nitrogens is 3. The van der Waals surface area contributed by atoms with E-state index in [-0.39, 0.29) is 22.9 Å². The topological polar surface area (TPSA) is 85.8 Å². The van der Waals surface area contributed by atoms with Crippen molar-refractivity contribution in [1.29, 1.82) is 0 Å². The molecule has 0 aliphatic carbocycles. The van der Waals surface area contributed by atoms with E-state index in [4.69, 9.17) is 5.84 Å². The van der Waals surface area contributed by atoms with Gasteiger partial charge in [0.05, 0.1) is 11.8 Å². The van der Waals surface area contributed by atoms with Crippen LogP contribution in [0.5, 0.6) is 0 Å². The third-order valence-electron chi connectivity index (χ3n) is 3.47. The minimum absolute atomic E-state index is 0.116. The standard InChI is InChI=1S/C15H18F3N5OS/c1-3-11(10-6-4-9(2)5-7-10)20-12(24)8-25-14-22-21-13(23(14)19)15(16,17)18/h4-7,11H,3,8,19H2,1-2H3,(H,20,24)/t11-/m1/s1. The van der Waals surface area contributed by atoms with Gasteiger partial charge in [0.25, 0.3) is 5.82 Å². The Morgan fingerprint density at radius 2 is 1.96 bits per heavy atom. The zero-order valence-electron chi connectivity index (χ0n) is 13.7. The molecule has 0 bridgehead atoms. The molecule has 0 aliphatic heterocycles. The van der Waals surface area contributed by atoms with Crippen LogP contribution >= 0.6 is 11.8 Å². The number of amides is 1. The van der Waals surface area contributed by atoms with E-state index in [1.54, 1.807) is 0 Å². The number of benzene rings is 1. The summed E-state index contributed by atoms with van der Waals surface area (Å²) >= 11 is 0.795. The molecule has 1 aromatic heterocycles. The van der Waals surface area contributed by atoms with Gasteiger partial charge in [-0.2, -0.15) is 13.2 Å². The molecule has 10 heteroatoms. The monoisotopic (exact) mass is 373 g/mol. The fraction of sp³-hybridized carbons (Fsp3) is 0.400. The van der Waals surface area contributed by atoms with Crippen LogP contribution < -0.4 is 11.2 Å². The van der Waals surface area contributed by atoms with E-state index in [0.717, 1.165) is 22.9 Å². The van der Waals surface area contributed by atoms with E-state index >= 15 is 0 Å². The number of nitrogens with one attached hydrogen (secondary N) is 1. The van der Waals surface area contributed by atoms with Gasteiger partial charge in [-0.05, 0) is 18.9 Å². The second-order valence-electron chi connectivity index (χ2n) is 5.40. The van der Waals surface area contributed by atoms with Crippen molar-refractivity contribution in [2.75, 3.05) is 11.6 Å². The first-order valence-electron chi connectivity index (χ1n) is 7.48. The van der Waals surface area contributed by atoms with Gasteiger partial charge >= 0.3 is 6.18 Å². The maximum absolute atomic E-state index is 12.6. The predicted molar refractivity (Wildman–Crippen MR) is 88.3 cm³/mol. The van der Waals surface area contributed by atoms with Crippen LogP contribution in [0.4, 0.5) is 13.2 Å². The first-order chi connectivity index (χ1) is 11.7. The molecule has 2 aromatic rings. The fourth-order valence-electron chi connectivity index (χ4n) is 2.15. The molecule has 3 N–H and O–H groups in total. The van der Waals surface area contributed by atoms with Gasteiger partial charge < -0.3 is 11.2 Å². The normalized spacial score (nSPS) is 12.8. The predicted octanol–water partition coefficient (Wildman–Crippen LogP) is 2.68. The highest BCUT2D eigenvalue weighted by atomic mass is 32.2. The van der Waals surface area contributed by atoms with Gasteiger partial charge in [-0.25, -0.2) is 4.68 Å². The Bertz CT molecular complexity index is 730. The molecule has 136 valence electrons. The number of halogens is 3. The Balaban J connectivity index is 1.96. The van der Waals surface area contributed by atoms with Crippen molar-refractivity contribution in [3.8, 4) is 0 Å². The number of hydrogen-bond donors (Lipinski definition) is 2. The quantitative estimate of drug-likeness (QED) is 0.601. The highest BCUT2D eigenvalue weighted by Gasteiger charge is 2.38. The van der Waals surface area contributed by atoms with Crippen LogP contribution in [0, 0.1) is 6.92 Å². The minimum Gasteiger partial charge on any atom is -0.349 e. The molecule has 0 spiro atoms. The number of nitrogens with zero attached hydrogens (tertiary/aromatic N) is 3. The third kappa shape index (κ3) is 4.88. The van der Waals surface area contributed by atoms with Crippen LogP contribution in [0.1, 0.15) is 36.3 Å². The fourth-order valence-corrected chi connectivity index (χ4v) is 2.82. The van der Waals surface area contributed by atoms with Crippen LogP contribution in [0.3, 0.4) is 0 Å². The summed E-state index contributed by atoms with van der Waals surface area (Å²) in [5.41, 5.74) is 2.08. The van der Waals surface area contributed by atoms with E-state index < -0.39 is 12.0 Å². The van der Waals surface area contributed by atoms with Crippen LogP contribution in [-0.2, 0) is 11.0 Å². The molecule has 1 aromatic carbocycles. The zero-order valence-corrected chi connectivity index (χ0v) is 14.5. The van der Waals surface area contributed by atoms with Gasteiger partial charge in [-0.15, -0.1) is 10.2 Å². The SMILES string of the molecule is CC[C@@H](NC(=O)CSc1nnc(C(F)(F)F)n1N)c1ccc(C)cc1. The summed E-state index contributed by atoms with van der Waals surface area (Å²) in [6.45, 7) is 3.90. The number of hydrogen-bond acceptors (Lipinski definition) is 5. The lowest BCUT2D eigenvalue weighted by atomic mass is 10.0. The summed E-state index contributed by atoms with van der Waals surface area (Å²) in [5.74, 6) is 3.58. The minimum atomic E-state index is -4.69. The molecular weight excluding hydrogens is 355 g/mol. The van der Waals surface area contributed by atoms with Crippen molar-refractivity contribution >= 4 is 17.7 Å². The molecular formula is C15H18F3N5OS. The molecule has 1 amide bonds. The van der Waals surface area contributed by atoms with E-state index in [9.17, 15) is 18.0 Å². The van der Waals surface area contributed by atoms with Crippen molar-refractivity contribution in [1.82, 2.24) is 20.2 Å². The largest absolute Gasteiger partial charge is 0.453 e. The maximum Gasteiger partial charge on any atom is 0.453 e. The summed E-state index contributed by atoms with van der Waals surface area (Å²) in [6.07, 6.45) is -4.01. The summed E-state index contributed by atoms with van der Waals surface area (Å²) < 4.78 is 38.2. The van der Waals surface area contributed by atoms with Gasteiger partial charge in [0.1, 0.15) is 0 Å². The summed E-state index contributed by atoms with van der Waals surface area (Å²) in [6, 6.07) is 7.60. The van der Waals surface area contributed by atoms with E-state index in [2.05, 4.69) is 15.5 Å². The smallest absolute Gasteiger partial charge is 0.349 e. The van der Waals surface area contributed by atoms with Crippen molar-refractivity contribution < 1.29 is 18.0 Å². The lowest BCUT2D eigenvalue weighted by Crippen LogP contribution is -2.30. The van der Waals surface area contributed by atoms with Crippen molar-refractivity contribution in [3.63, 3.8) is 0 Å². The molecule has 2 rings (SSSR count). The van der Waals surface area contributed by atoms with Gasteiger partial charge in [0.15, 0.2) is 0 Å². The lowest BCUT2D eigenvalue weighted by Gasteiger charge is -2.17. The number of aryl methyl sites for hydroxylation is 1. The van der Waals surface area contributed by atoms with E-state index in [0.29, 0.717) is 11.1 Å². The van der Waals surface area contributed by atoms with Crippen molar-refractivity contribution in [2.45, 2.75) is 37.6 Å². The Morgan fingerprint density at radius 3 is 2.48 bits per heavy atom. The van der Waals surface area contributed by atoms with Crippen molar-refractivity contribution in [3.05, 3.63) is 41.2 Å². The van der Waals surface area contributed by atoms with Gasteiger partial charge in [0.2, 0.25) is 11.1 Å². The number of nitrogens with two attached hydrogens (primary N) is 1. The molecule has 0 radical (unpaired) electrons. The second kappa shape index (κ2) is 7.77. The zero-order chi connectivity index (χ0) is 18.6. The second-order valence-corrected chi connectivity index (χ2v) is 6.34. The van der Waals surface area contributed by atoms with Crippen LogP contribution in [0.25, 0.3) is 0 Å². The van der Waals surface area contributed by atoms with E-state index in [1.165, 1.54) is 0 Å². The number of thioether (sulfide) groups is 1. The van der Waals surface area contributed by atoms with Gasteiger partial charge in [-0.3, -0.25) is 4.79 Å². The highest BCUT2D eigenvalue weighted by molar-refractivity contribution is 7.99. The lowest BCUT2D eigenvalue weighted by molar-refractivity contribution is -0.146. The average molecular weight is 373 g/mol. The Hall–Kier alpha value is -2.23. The molecule has 0 unspecified atom stereocenters.